The van der Waals surface area contributed by atoms with Crippen LogP contribution in [-0.2, 0) is 4.74 Å². The number of amides is 1. The number of carbonyl (C=O) groups is 1. The van der Waals surface area contributed by atoms with Crippen LogP contribution in [0.1, 0.15) is 24.2 Å². The van der Waals surface area contributed by atoms with Gasteiger partial charge in [0.05, 0.1) is 17.6 Å². The van der Waals surface area contributed by atoms with Gasteiger partial charge in [-0.1, -0.05) is 0 Å². The van der Waals surface area contributed by atoms with E-state index in [2.05, 4.69) is 5.32 Å². The lowest BCUT2D eigenvalue weighted by Crippen LogP contribution is -2.28. The van der Waals surface area contributed by atoms with Crippen molar-refractivity contribution < 1.29 is 14.5 Å². The minimum absolute atomic E-state index is 0.0467. The van der Waals surface area contributed by atoms with Gasteiger partial charge in [-0.15, -0.1) is 0 Å². The Bertz CT molecular complexity index is 474. The van der Waals surface area contributed by atoms with Crippen LogP contribution in [0, 0.1) is 10.1 Å². The van der Waals surface area contributed by atoms with E-state index in [1.165, 1.54) is 18.2 Å². The fraction of sp³-hybridized carbons (Fsp3) is 0.417. The fourth-order valence-electron chi connectivity index (χ4n) is 1.45. The van der Waals surface area contributed by atoms with Gasteiger partial charge in [0.15, 0.2) is 0 Å². The molecule has 0 fully saturated rings. The Morgan fingerprint density at radius 1 is 1.53 bits per heavy atom. The van der Waals surface area contributed by atoms with Crippen LogP contribution in [0.25, 0.3) is 0 Å². The van der Waals surface area contributed by atoms with Gasteiger partial charge in [0.25, 0.3) is 11.6 Å². The molecule has 0 aliphatic carbocycles. The summed E-state index contributed by atoms with van der Waals surface area (Å²) >= 11 is 0. The molecule has 0 spiro atoms. The first-order valence-electron chi connectivity index (χ1n) is 5.85. The molecule has 1 amide bonds. The van der Waals surface area contributed by atoms with Crippen LogP contribution in [-0.4, -0.2) is 30.1 Å². The van der Waals surface area contributed by atoms with E-state index in [1.54, 1.807) is 0 Å². The minimum Gasteiger partial charge on any atom is -0.399 e. The number of nitrogen functional groups attached to an aromatic ring is 1. The first-order valence-corrected chi connectivity index (χ1v) is 5.85. The minimum atomic E-state index is -0.612. The van der Waals surface area contributed by atoms with Crippen LogP contribution in [0.5, 0.6) is 0 Å². The zero-order valence-corrected chi connectivity index (χ0v) is 10.9. The Labute approximate surface area is 110 Å². The Hall–Kier alpha value is -2.15. The maximum Gasteiger partial charge on any atom is 0.282 e. The normalized spacial score (nSPS) is 10.5. The zero-order valence-electron chi connectivity index (χ0n) is 10.9. The van der Waals surface area contributed by atoms with E-state index >= 15 is 0 Å². The lowest BCUT2D eigenvalue weighted by molar-refractivity contribution is -0.385. The standard InChI is InChI=1S/C12H17N3O4/c1-8(2)19-6-5-14-12(16)10-7-9(13)3-4-11(10)15(17)18/h3-4,7-8H,5-6,13H2,1-2H3,(H,14,16). The highest BCUT2D eigenvalue weighted by Gasteiger charge is 2.19. The topological polar surface area (TPSA) is 107 Å². The van der Waals surface area contributed by atoms with E-state index in [0.717, 1.165) is 0 Å². The molecule has 7 heteroatoms. The molecule has 0 aromatic heterocycles. The average Bonchev–Trinajstić information content (AvgIpc) is 2.33. The van der Waals surface area contributed by atoms with Crippen molar-refractivity contribution in [2.45, 2.75) is 20.0 Å². The number of nitrogens with one attached hydrogen (secondary N) is 1. The maximum atomic E-state index is 11.8. The van der Waals surface area contributed by atoms with Crippen molar-refractivity contribution in [2.24, 2.45) is 0 Å². The highest BCUT2D eigenvalue weighted by Crippen LogP contribution is 2.20. The number of ether oxygens (including phenoxy) is 1. The van der Waals surface area contributed by atoms with E-state index in [1.807, 2.05) is 13.8 Å². The van der Waals surface area contributed by atoms with Crippen LogP contribution in [0.15, 0.2) is 18.2 Å². The molecule has 0 aliphatic rings. The molecule has 1 aromatic carbocycles. The van der Waals surface area contributed by atoms with Crippen molar-refractivity contribution in [3.63, 3.8) is 0 Å². The van der Waals surface area contributed by atoms with Gasteiger partial charge in [0.1, 0.15) is 5.56 Å². The van der Waals surface area contributed by atoms with Crippen LogP contribution < -0.4 is 11.1 Å². The van der Waals surface area contributed by atoms with Crippen LogP contribution in [0.4, 0.5) is 11.4 Å². The van der Waals surface area contributed by atoms with Crippen molar-refractivity contribution in [1.29, 1.82) is 0 Å². The molecule has 0 radical (unpaired) electrons. The summed E-state index contributed by atoms with van der Waals surface area (Å²) in [7, 11) is 0. The van der Waals surface area contributed by atoms with Gasteiger partial charge in [0, 0.05) is 18.3 Å². The number of anilines is 1. The van der Waals surface area contributed by atoms with E-state index in [9.17, 15) is 14.9 Å². The summed E-state index contributed by atoms with van der Waals surface area (Å²) in [5.74, 6) is -0.536. The second-order valence-corrected chi connectivity index (χ2v) is 4.21. The van der Waals surface area contributed by atoms with Gasteiger partial charge in [-0.3, -0.25) is 14.9 Å². The molecule has 0 unspecified atom stereocenters. The molecule has 0 heterocycles. The van der Waals surface area contributed by atoms with E-state index in [0.29, 0.717) is 12.3 Å². The highest BCUT2D eigenvalue weighted by atomic mass is 16.6. The first kappa shape index (κ1) is 14.9. The number of hydrogen-bond acceptors (Lipinski definition) is 5. The second kappa shape index (κ2) is 6.69. The molecule has 0 saturated carbocycles. The Morgan fingerprint density at radius 2 is 2.21 bits per heavy atom. The van der Waals surface area contributed by atoms with Crippen molar-refractivity contribution in [2.75, 3.05) is 18.9 Å². The number of carbonyl (C=O) groups excluding carboxylic acids is 1. The molecule has 1 rings (SSSR count). The van der Waals surface area contributed by atoms with Gasteiger partial charge in [-0.25, -0.2) is 0 Å². The number of nitro benzene ring substituents is 1. The van der Waals surface area contributed by atoms with Gasteiger partial charge < -0.3 is 15.8 Å². The quantitative estimate of drug-likeness (QED) is 0.350. The highest BCUT2D eigenvalue weighted by molar-refractivity contribution is 5.99. The molecule has 19 heavy (non-hydrogen) atoms. The van der Waals surface area contributed by atoms with Crippen molar-refractivity contribution >= 4 is 17.3 Å². The molecule has 0 saturated heterocycles. The molecule has 1 aromatic rings. The number of nitro groups is 1. The molecule has 104 valence electrons. The first-order chi connectivity index (χ1) is 8.91. The van der Waals surface area contributed by atoms with Gasteiger partial charge in [-0.2, -0.15) is 0 Å². The number of nitrogens with two attached hydrogens (primary N) is 1. The summed E-state index contributed by atoms with van der Waals surface area (Å²) in [6.45, 7) is 4.39. The number of hydrogen-bond donors (Lipinski definition) is 2. The Balaban J connectivity index is 2.70. The SMILES string of the molecule is CC(C)OCCNC(=O)c1cc(N)ccc1[N+](=O)[O-]. The average molecular weight is 267 g/mol. The number of benzene rings is 1. The monoisotopic (exact) mass is 267 g/mol. The van der Waals surface area contributed by atoms with E-state index in [-0.39, 0.29) is 23.9 Å². The molecule has 0 atom stereocenters. The number of rotatable bonds is 6. The zero-order chi connectivity index (χ0) is 14.4. The molecular formula is C12H17N3O4. The van der Waals surface area contributed by atoms with Gasteiger partial charge >= 0.3 is 0 Å². The van der Waals surface area contributed by atoms with E-state index < -0.39 is 10.8 Å². The second-order valence-electron chi connectivity index (χ2n) is 4.21. The summed E-state index contributed by atoms with van der Waals surface area (Å²) < 4.78 is 5.26. The van der Waals surface area contributed by atoms with Crippen LogP contribution in [0.3, 0.4) is 0 Å². The predicted octanol–water partition coefficient (Wildman–Crippen LogP) is 1.33. The number of nitrogens with zero attached hydrogens (tertiary/aromatic N) is 1. The molecule has 7 nitrogen and oxygen atoms in total. The molecule has 0 aliphatic heterocycles. The molecule has 0 bridgehead atoms. The summed E-state index contributed by atoms with van der Waals surface area (Å²) in [4.78, 5) is 22.0. The Kier molecular flexibility index (Phi) is 5.25. The molecule has 3 N–H and O–H groups in total. The van der Waals surface area contributed by atoms with Gasteiger partial charge in [-0.05, 0) is 26.0 Å². The summed E-state index contributed by atoms with van der Waals surface area (Å²) in [6.07, 6.45) is 0.0682. The fourth-order valence-corrected chi connectivity index (χ4v) is 1.45. The maximum absolute atomic E-state index is 11.8. The summed E-state index contributed by atoms with van der Waals surface area (Å²) in [6, 6.07) is 3.89. The lowest BCUT2D eigenvalue weighted by atomic mass is 10.1. The predicted molar refractivity (Wildman–Crippen MR) is 70.9 cm³/mol. The van der Waals surface area contributed by atoms with E-state index in [4.69, 9.17) is 10.5 Å². The Morgan fingerprint density at radius 3 is 2.79 bits per heavy atom. The van der Waals surface area contributed by atoms with Crippen molar-refractivity contribution in [3.8, 4) is 0 Å². The van der Waals surface area contributed by atoms with Crippen LogP contribution in [0.2, 0.25) is 0 Å². The molecular weight excluding hydrogens is 250 g/mol. The smallest absolute Gasteiger partial charge is 0.282 e. The van der Waals surface area contributed by atoms with Crippen molar-refractivity contribution in [3.05, 3.63) is 33.9 Å². The third-order valence-electron chi connectivity index (χ3n) is 2.30. The largest absolute Gasteiger partial charge is 0.399 e. The summed E-state index contributed by atoms with van der Waals surface area (Å²) in [5, 5.41) is 13.4. The summed E-state index contributed by atoms with van der Waals surface area (Å²) in [5.41, 5.74) is 5.52. The third-order valence-corrected chi connectivity index (χ3v) is 2.30. The lowest BCUT2D eigenvalue weighted by Gasteiger charge is -2.09. The third kappa shape index (κ3) is 4.55. The van der Waals surface area contributed by atoms with Crippen LogP contribution >= 0.6 is 0 Å². The van der Waals surface area contributed by atoms with Crippen molar-refractivity contribution in [1.82, 2.24) is 5.32 Å². The van der Waals surface area contributed by atoms with Gasteiger partial charge in [0.2, 0.25) is 0 Å².